The van der Waals surface area contributed by atoms with Gasteiger partial charge in [0.1, 0.15) is 0 Å². The summed E-state index contributed by atoms with van der Waals surface area (Å²) in [6.45, 7) is 4.83. The maximum absolute atomic E-state index is 10.3. The predicted octanol–water partition coefficient (Wildman–Crippen LogP) is 2.69. The molecule has 0 unspecified atom stereocenters. The van der Waals surface area contributed by atoms with Gasteiger partial charge >= 0.3 is 0 Å². The van der Waals surface area contributed by atoms with E-state index in [1.54, 1.807) is 0 Å². The Morgan fingerprint density at radius 2 is 1.93 bits per heavy atom. The van der Waals surface area contributed by atoms with Gasteiger partial charge in [-0.15, -0.1) is 0 Å². The molecule has 82 valence electrons. The van der Waals surface area contributed by atoms with Crippen molar-refractivity contribution in [1.82, 2.24) is 0 Å². The second kappa shape index (κ2) is 8.66. The van der Waals surface area contributed by atoms with Crippen molar-refractivity contribution in [2.75, 3.05) is 13.1 Å². The van der Waals surface area contributed by atoms with Crippen LogP contribution in [0.25, 0.3) is 0 Å². The SMILES string of the molecule is CCCCN=C(CCCC)C[N+](=O)[O-]. The molecular formula is C10H20N2O2. The van der Waals surface area contributed by atoms with E-state index in [4.69, 9.17) is 0 Å². The molecule has 0 spiro atoms. The van der Waals surface area contributed by atoms with Crippen molar-refractivity contribution in [3.63, 3.8) is 0 Å². The molecule has 0 saturated heterocycles. The quantitative estimate of drug-likeness (QED) is 0.262. The molecule has 0 aliphatic carbocycles. The van der Waals surface area contributed by atoms with Crippen LogP contribution in [0.3, 0.4) is 0 Å². The van der Waals surface area contributed by atoms with E-state index < -0.39 is 0 Å². The summed E-state index contributed by atoms with van der Waals surface area (Å²) in [5.74, 6) is 0. The Kier molecular flexibility index (Phi) is 8.08. The molecule has 0 aromatic carbocycles. The summed E-state index contributed by atoms with van der Waals surface area (Å²) in [5, 5.41) is 10.3. The van der Waals surface area contributed by atoms with Crippen molar-refractivity contribution in [2.24, 2.45) is 4.99 Å². The third-order valence-electron chi connectivity index (χ3n) is 1.98. The zero-order valence-electron chi connectivity index (χ0n) is 9.16. The van der Waals surface area contributed by atoms with Crippen LogP contribution in [-0.2, 0) is 0 Å². The molecule has 0 aromatic rings. The van der Waals surface area contributed by atoms with Gasteiger partial charge < -0.3 is 0 Å². The number of aliphatic imine (C=N–C) groups is 1. The van der Waals surface area contributed by atoms with Crippen LogP contribution in [0.5, 0.6) is 0 Å². The highest BCUT2D eigenvalue weighted by molar-refractivity contribution is 5.85. The molecule has 0 saturated carbocycles. The van der Waals surface area contributed by atoms with Gasteiger partial charge in [-0.3, -0.25) is 15.1 Å². The lowest BCUT2D eigenvalue weighted by Crippen LogP contribution is -2.14. The zero-order valence-corrected chi connectivity index (χ0v) is 9.16. The van der Waals surface area contributed by atoms with Gasteiger partial charge in [-0.25, -0.2) is 0 Å². The largest absolute Gasteiger partial charge is 0.287 e. The van der Waals surface area contributed by atoms with Crippen molar-refractivity contribution >= 4 is 5.71 Å². The van der Waals surface area contributed by atoms with Crippen molar-refractivity contribution in [3.05, 3.63) is 10.1 Å². The molecule has 0 aliphatic rings. The van der Waals surface area contributed by atoms with Gasteiger partial charge in [0.15, 0.2) is 0 Å². The molecule has 0 N–H and O–H groups in total. The smallest absolute Gasteiger partial charge is 0.241 e. The lowest BCUT2D eigenvalue weighted by molar-refractivity contribution is -0.463. The number of rotatable bonds is 8. The summed E-state index contributed by atoms with van der Waals surface area (Å²) >= 11 is 0. The lowest BCUT2D eigenvalue weighted by atomic mass is 10.2. The number of unbranched alkanes of at least 4 members (excludes halogenated alkanes) is 2. The highest BCUT2D eigenvalue weighted by atomic mass is 16.6. The molecule has 0 rings (SSSR count). The Hall–Kier alpha value is -0.930. The highest BCUT2D eigenvalue weighted by Gasteiger charge is 2.05. The highest BCUT2D eigenvalue weighted by Crippen LogP contribution is 1.99. The van der Waals surface area contributed by atoms with Gasteiger partial charge in [-0.2, -0.15) is 0 Å². The molecular weight excluding hydrogens is 180 g/mol. The summed E-state index contributed by atoms with van der Waals surface area (Å²) in [6, 6.07) is 0. The lowest BCUT2D eigenvalue weighted by Gasteiger charge is -2.00. The molecule has 0 atom stereocenters. The maximum atomic E-state index is 10.3. The fourth-order valence-corrected chi connectivity index (χ4v) is 1.13. The molecule has 0 amide bonds. The number of hydrogen-bond acceptors (Lipinski definition) is 3. The molecule has 0 fully saturated rings. The molecule has 0 radical (unpaired) electrons. The predicted molar refractivity (Wildman–Crippen MR) is 58.6 cm³/mol. The van der Waals surface area contributed by atoms with Crippen LogP contribution in [0.2, 0.25) is 0 Å². The Morgan fingerprint density at radius 3 is 2.43 bits per heavy atom. The van der Waals surface area contributed by atoms with Crippen LogP contribution in [0, 0.1) is 10.1 Å². The summed E-state index contributed by atoms with van der Waals surface area (Å²) < 4.78 is 0. The van der Waals surface area contributed by atoms with Crippen LogP contribution >= 0.6 is 0 Å². The Bertz CT molecular complexity index is 191. The van der Waals surface area contributed by atoms with E-state index in [1.165, 1.54) is 0 Å². The summed E-state index contributed by atoms with van der Waals surface area (Å²) in [6.07, 6.45) is 4.95. The molecule has 4 heteroatoms. The van der Waals surface area contributed by atoms with Gasteiger partial charge in [0.25, 0.3) is 0 Å². The fourth-order valence-electron chi connectivity index (χ4n) is 1.13. The number of nitrogens with zero attached hydrogens (tertiary/aromatic N) is 2. The first-order valence-corrected chi connectivity index (χ1v) is 5.34. The van der Waals surface area contributed by atoms with Gasteiger partial charge in [0, 0.05) is 11.5 Å². The van der Waals surface area contributed by atoms with Crippen LogP contribution < -0.4 is 0 Å². The fraction of sp³-hybridized carbons (Fsp3) is 0.900. The minimum atomic E-state index is -0.291. The van der Waals surface area contributed by atoms with Gasteiger partial charge in [0.2, 0.25) is 6.54 Å². The van der Waals surface area contributed by atoms with Crippen LogP contribution in [-0.4, -0.2) is 23.7 Å². The standard InChI is InChI=1S/C10H20N2O2/c1-3-5-7-10(9-12(13)14)11-8-6-4-2/h3-9H2,1-2H3. The molecule has 4 nitrogen and oxygen atoms in total. The van der Waals surface area contributed by atoms with Crippen molar-refractivity contribution < 1.29 is 4.92 Å². The van der Waals surface area contributed by atoms with Gasteiger partial charge in [-0.05, 0) is 19.3 Å². The van der Waals surface area contributed by atoms with Crippen molar-refractivity contribution in [2.45, 2.75) is 46.0 Å². The molecule has 0 aliphatic heterocycles. The van der Waals surface area contributed by atoms with Gasteiger partial charge in [0.05, 0.1) is 5.71 Å². The third kappa shape index (κ3) is 7.71. The van der Waals surface area contributed by atoms with E-state index >= 15 is 0 Å². The first kappa shape index (κ1) is 13.1. The number of hydrogen-bond donors (Lipinski definition) is 0. The molecule has 0 aromatic heterocycles. The topological polar surface area (TPSA) is 55.5 Å². The minimum absolute atomic E-state index is 0.0796. The normalized spacial score (nSPS) is 11.7. The summed E-state index contributed by atoms with van der Waals surface area (Å²) in [5.41, 5.74) is 0.755. The van der Waals surface area contributed by atoms with Crippen LogP contribution in [0.1, 0.15) is 46.0 Å². The second-order valence-corrected chi connectivity index (χ2v) is 3.40. The average molecular weight is 200 g/mol. The molecule has 0 bridgehead atoms. The van der Waals surface area contributed by atoms with Crippen molar-refractivity contribution in [1.29, 1.82) is 0 Å². The first-order valence-electron chi connectivity index (χ1n) is 5.34. The minimum Gasteiger partial charge on any atom is -0.287 e. The van der Waals surface area contributed by atoms with E-state index in [-0.39, 0.29) is 11.5 Å². The summed E-state index contributed by atoms with van der Waals surface area (Å²) in [4.78, 5) is 14.3. The van der Waals surface area contributed by atoms with Crippen molar-refractivity contribution in [3.8, 4) is 0 Å². The second-order valence-electron chi connectivity index (χ2n) is 3.40. The maximum Gasteiger partial charge on any atom is 0.241 e. The first-order chi connectivity index (χ1) is 6.70. The van der Waals surface area contributed by atoms with E-state index in [0.29, 0.717) is 0 Å². The van der Waals surface area contributed by atoms with Crippen LogP contribution in [0.15, 0.2) is 4.99 Å². The molecule has 0 heterocycles. The average Bonchev–Trinajstić information content (AvgIpc) is 2.13. The third-order valence-corrected chi connectivity index (χ3v) is 1.98. The van der Waals surface area contributed by atoms with E-state index in [2.05, 4.69) is 18.8 Å². The molecule has 14 heavy (non-hydrogen) atoms. The number of nitro groups is 1. The Labute approximate surface area is 85.6 Å². The van der Waals surface area contributed by atoms with Crippen LogP contribution in [0.4, 0.5) is 0 Å². The van der Waals surface area contributed by atoms with E-state index in [1.807, 2.05) is 0 Å². The van der Waals surface area contributed by atoms with E-state index in [9.17, 15) is 10.1 Å². The Morgan fingerprint density at radius 1 is 1.29 bits per heavy atom. The van der Waals surface area contributed by atoms with E-state index in [0.717, 1.165) is 44.4 Å². The Balaban J connectivity index is 3.94. The monoisotopic (exact) mass is 200 g/mol. The zero-order chi connectivity index (χ0) is 10.8. The van der Waals surface area contributed by atoms with Gasteiger partial charge in [-0.1, -0.05) is 26.7 Å². The summed E-state index contributed by atoms with van der Waals surface area (Å²) in [7, 11) is 0.